The fourth-order valence-corrected chi connectivity index (χ4v) is 5.99. The summed E-state index contributed by atoms with van der Waals surface area (Å²) in [6.45, 7) is 7.74. The predicted octanol–water partition coefficient (Wildman–Crippen LogP) is 4.42. The highest BCUT2D eigenvalue weighted by Crippen LogP contribution is 2.40. The molecule has 1 N–H and O–H groups in total. The van der Waals surface area contributed by atoms with E-state index in [1.54, 1.807) is 24.3 Å². The lowest BCUT2D eigenvalue weighted by molar-refractivity contribution is -0.228. The number of carbonyl (C=O) groups is 1. The molecule has 45 heavy (non-hydrogen) atoms. The lowest BCUT2D eigenvalue weighted by Crippen LogP contribution is -2.68. The van der Waals surface area contributed by atoms with E-state index in [4.69, 9.17) is 30.5 Å². The highest BCUT2D eigenvalue weighted by Gasteiger charge is 2.50. The summed E-state index contributed by atoms with van der Waals surface area (Å²) in [4.78, 5) is 32.9. The lowest BCUT2D eigenvalue weighted by Gasteiger charge is -2.53. The molecule has 0 unspecified atom stereocenters. The van der Waals surface area contributed by atoms with E-state index in [-0.39, 0.29) is 48.2 Å². The Hall–Kier alpha value is -3.88. The van der Waals surface area contributed by atoms with Gasteiger partial charge in [0.25, 0.3) is 6.43 Å². The van der Waals surface area contributed by atoms with Gasteiger partial charge in [-0.25, -0.2) is 33.5 Å². The highest BCUT2D eigenvalue weighted by atomic mass is 35.5. The third-order valence-corrected chi connectivity index (χ3v) is 8.35. The molecular weight excluding hydrogens is 614 g/mol. The minimum absolute atomic E-state index is 0.0174. The monoisotopic (exact) mass is 646 g/mol. The van der Waals surface area contributed by atoms with Gasteiger partial charge in [0.15, 0.2) is 5.82 Å². The first-order valence-corrected chi connectivity index (χ1v) is 15.0. The van der Waals surface area contributed by atoms with Gasteiger partial charge in [-0.3, -0.25) is 0 Å². The zero-order chi connectivity index (χ0) is 31.9. The molecule has 3 aliphatic rings. The maximum Gasteiger partial charge on any atom is 0.326 e. The zero-order valence-electron chi connectivity index (χ0n) is 24.9. The van der Waals surface area contributed by atoms with Crippen molar-refractivity contribution >= 4 is 29.1 Å². The molecule has 6 rings (SSSR count). The number of carboxylic acids is 1. The molecule has 3 atom stereocenters. The van der Waals surface area contributed by atoms with Gasteiger partial charge in [-0.1, -0.05) is 17.7 Å². The van der Waals surface area contributed by atoms with Crippen molar-refractivity contribution < 1.29 is 37.6 Å². The minimum atomic E-state index is -3.00. The van der Waals surface area contributed by atoms with Crippen molar-refractivity contribution in [2.45, 2.75) is 63.5 Å². The number of halogens is 3. The molecule has 3 saturated heterocycles. The van der Waals surface area contributed by atoms with E-state index in [2.05, 4.69) is 24.8 Å². The number of nitrogens with zero attached hydrogens (tertiary/aromatic N) is 6. The van der Waals surface area contributed by atoms with Gasteiger partial charge < -0.3 is 33.9 Å². The second-order valence-electron chi connectivity index (χ2n) is 11.5. The quantitative estimate of drug-likeness (QED) is 0.353. The highest BCUT2D eigenvalue weighted by molar-refractivity contribution is 6.30. The molecule has 0 radical (unpaired) electrons. The van der Waals surface area contributed by atoms with Crippen LogP contribution in [0, 0.1) is 0 Å². The molecule has 0 aromatic carbocycles. The Bertz CT molecular complexity index is 1560. The predicted molar refractivity (Wildman–Crippen MR) is 159 cm³/mol. The number of rotatable bonds is 9. The number of carboxylic acid groups (broad SMARTS) is 1. The van der Waals surface area contributed by atoms with Gasteiger partial charge in [-0.05, 0) is 32.9 Å². The molecule has 0 bridgehead atoms. The lowest BCUT2D eigenvalue weighted by atomic mass is 9.90. The SMILES string of the molecule is CC(C)Oc1cccc(-c2cc(N3C[C@@H](Oc4ncc(Cl)cc4N4CCOC5(COC5)[C@@H]4C)C[C@H]3C(=O)O)nc(C(F)F)n2)n1. The maximum atomic E-state index is 14.0. The van der Waals surface area contributed by atoms with Crippen molar-refractivity contribution in [1.29, 1.82) is 0 Å². The van der Waals surface area contributed by atoms with Crippen LogP contribution >= 0.6 is 11.6 Å². The minimum Gasteiger partial charge on any atom is -0.480 e. The van der Waals surface area contributed by atoms with Crippen molar-refractivity contribution in [2.75, 3.05) is 42.7 Å². The molecule has 240 valence electrons. The van der Waals surface area contributed by atoms with Gasteiger partial charge in [0, 0.05) is 31.3 Å². The van der Waals surface area contributed by atoms with E-state index in [1.165, 1.54) is 17.2 Å². The van der Waals surface area contributed by atoms with Gasteiger partial charge in [-0.15, -0.1) is 0 Å². The van der Waals surface area contributed by atoms with E-state index >= 15 is 0 Å². The first-order valence-electron chi connectivity index (χ1n) is 14.6. The number of ether oxygens (including phenoxy) is 4. The van der Waals surface area contributed by atoms with E-state index in [1.807, 2.05) is 20.8 Å². The average Bonchev–Trinajstić information content (AvgIpc) is 3.41. The van der Waals surface area contributed by atoms with Crippen LogP contribution < -0.4 is 19.3 Å². The first-order chi connectivity index (χ1) is 21.5. The van der Waals surface area contributed by atoms with Crippen LogP contribution in [0.5, 0.6) is 11.8 Å². The van der Waals surface area contributed by atoms with Crippen molar-refractivity contribution in [2.24, 2.45) is 0 Å². The number of alkyl halides is 2. The number of anilines is 2. The number of aliphatic carboxylic acids is 1. The van der Waals surface area contributed by atoms with Crippen molar-refractivity contribution in [3.05, 3.63) is 47.4 Å². The Morgan fingerprint density at radius 1 is 1.16 bits per heavy atom. The summed E-state index contributed by atoms with van der Waals surface area (Å²) in [6, 6.07) is 6.97. The van der Waals surface area contributed by atoms with Gasteiger partial charge in [0.2, 0.25) is 11.8 Å². The molecule has 3 aromatic rings. The normalized spacial score (nSPS) is 22.6. The molecule has 3 fully saturated rings. The van der Waals surface area contributed by atoms with Crippen LogP contribution in [0.1, 0.15) is 39.4 Å². The fourth-order valence-electron chi connectivity index (χ4n) is 5.84. The Morgan fingerprint density at radius 2 is 1.96 bits per heavy atom. The Kier molecular flexibility index (Phi) is 8.63. The summed E-state index contributed by atoms with van der Waals surface area (Å²) in [5.74, 6) is -1.30. The Morgan fingerprint density at radius 3 is 2.64 bits per heavy atom. The number of hydrogen-bond acceptors (Lipinski definition) is 11. The molecule has 3 aromatic heterocycles. The van der Waals surface area contributed by atoms with E-state index in [0.717, 1.165) is 0 Å². The largest absolute Gasteiger partial charge is 0.480 e. The summed E-state index contributed by atoms with van der Waals surface area (Å²) in [6.07, 6.45) is -2.30. The molecule has 0 amide bonds. The van der Waals surface area contributed by atoms with Crippen molar-refractivity contribution in [1.82, 2.24) is 19.9 Å². The van der Waals surface area contributed by atoms with Gasteiger partial charge >= 0.3 is 5.97 Å². The van der Waals surface area contributed by atoms with Gasteiger partial charge in [0.1, 0.15) is 29.3 Å². The molecule has 1 spiro atoms. The first kappa shape index (κ1) is 31.1. The van der Waals surface area contributed by atoms with Crippen LogP contribution in [0.25, 0.3) is 11.4 Å². The number of hydrogen-bond donors (Lipinski definition) is 1. The van der Waals surface area contributed by atoms with Crippen LogP contribution in [-0.4, -0.2) is 93.8 Å². The average molecular weight is 647 g/mol. The third kappa shape index (κ3) is 6.31. The van der Waals surface area contributed by atoms with Gasteiger partial charge in [0.05, 0.1) is 54.9 Å². The molecule has 3 aliphatic heterocycles. The maximum absolute atomic E-state index is 14.0. The second kappa shape index (κ2) is 12.5. The standard InChI is InChI=1S/C30H33ClF2N6O6/c1-16(2)44-25-6-4-5-20(35-25)21-11-24(37-27(36-21)26(32)33)39-13-19(10-23(39)29(40)41)45-28-22(9-18(31)12-34-28)38-7-8-43-30(17(38)3)14-42-15-30/h4-6,9,11-12,16-17,19,23,26H,7-8,10,13-15H2,1-3H3,(H,40,41)/t17-,19-,23-/m0/s1. The summed E-state index contributed by atoms with van der Waals surface area (Å²) < 4.78 is 51.5. The van der Waals surface area contributed by atoms with Crippen molar-refractivity contribution in [3.63, 3.8) is 0 Å². The number of aromatic nitrogens is 4. The summed E-state index contributed by atoms with van der Waals surface area (Å²) in [7, 11) is 0. The molecular formula is C30H33ClF2N6O6. The summed E-state index contributed by atoms with van der Waals surface area (Å²) >= 11 is 6.35. The molecule has 0 saturated carbocycles. The van der Waals surface area contributed by atoms with Crippen LogP contribution in [0.3, 0.4) is 0 Å². The topological polar surface area (TPSA) is 132 Å². The molecule has 15 heteroatoms. The van der Waals surface area contributed by atoms with E-state index in [9.17, 15) is 18.7 Å². The van der Waals surface area contributed by atoms with Crippen LogP contribution in [0.4, 0.5) is 20.3 Å². The molecule has 6 heterocycles. The zero-order valence-corrected chi connectivity index (χ0v) is 25.7. The summed E-state index contributed by atoms with van der Waals surface area (Å²) in [5.41, 5.74) is 0.587. The molecule has 0 aliphatic carbocycles. The van der Waals surface area contributed by atoms with Crippen LogP contribution in [-0.2, 0) is 14.3 Å². The number of morpholine rings is 1. The second-order valence-corrected chi connectivity index (χ2v) is 12.0. The molecule has 12 nitrogen and oxygen atoms in total. The number of pyridine rings is 2. The van der Waals surface area contributed by atoms with Crippen LogP contribution in [0.2, 0.25) is 5.02 Å². The Labute approximate surface area is 263 Å². The van der Waals surface area contributed by atoms with Crippen molar-refractivity contribution in [3.8, 4) is 23.1 Å². The smallest absolute Gasteiger partial charge is 0.326 e. The third-order valence-electron chi connectivity index (χ3n) is 8.14. The van der Waals surface area contributed by atoms with E-state index < -0.39 is 36.0 Å². The van der Waals surface area contributed by atoms with Crippen LogP contribution in [0.15, 0.2) is 36.5 Å². The van der Waals surface area contributed by atoms with Gasteiger partial charge in [-0.2, -0.15) is 0 Å². The summed E-state index contributed by atoms with van der Waals surface area (Å²) in [5, 5.41) is 10.6. The fraction of sp³-hybridized carbons (Fsp3) is 0.500. The van der Waals surface area contributed by atoms with E-state index in [0.29, 0.717) is 43.0 Å². The Balaban J connectivity index is 1.30.